The van der Waals surface area contributed by atoms with E-state index in [1.54, 1.807) is 6.20 Å². The minimum atomic E-state index is -0.0461. The summed E-state index contributed by atoms with van der Waals surface area (Å²) in [6.45, 7) is 11.6. The quantitative estimate of drug-likeness (QED) is 0.362. The first-order chi connectivity index (χ1) is 13.3. The number of anilines is 1. The highest BCUT2D eigenvalue weighted by Crippen LogP contribution is 2.23. The molecule has 3 heterocycles. The molecule has 0 spiro atoms. The van der Waals surface area contributed by atoms with Crippen LogP contribution < -0.4 is 15.5 Å². The average molecular weight is 515 g/mol. The number of oxazole rings is 1. The van der Waals surface area contributed by atoms with Crippen molar-refractivity contribution in [2.75, 3.05) is 24.5 Å². The predicted molar refractivity (Wildman–Crippen MR) is 127 cm³/mol. The summed E-state index contributed by atoms with van der Waals surface area (Å²) in [5.74, 6) is 2.33. The van der Waals surface area contributed by atoms with Gasteiger partial charge in [0.15, 0.2) is 5.96 Å². The van der Waals surface area contributed by atoms with Gasteiger partial charge < -0.3 is 20.0 Å². The summed E-state index contributed by atoms with van der Waals surface area (Å²) >= 11 is 0. The van der Waals surface area contributed by atoms with Crippen molar-refractivity contribution < 1.29 is 4.42 Å². The van der Waals surface area contributed by atoms with Gasteiger partial charge in [-0.25, -0.2) is 9.98 Å². The standard InChI is InChI=1S/C20H33N7O.HI/c1-6-21-19(23-12-18-22-11-17(28-18)20(2,3)4)25-15-8-7-9-27(13-15)16-10-24-26(5)14-16;/h10-11,14-15H,6-9,12-13H2,1-5H3,(H2,21,23,25);1H. The van der Waals surface area contributed by atoms with Crippen molar-refractivity contribution in [2.24, 2.45) is 12.0 Å². The molecular weight excluding hydrogens is 481 g/mol. The number of aliphatic imine (C=N–C) groups is 1. The third-order valence-electron chi connectivity index (χ3n) is 4.83. The highest BCUT2D eigenvalue weighted by atomic mass is 127. The van der Waals surface area contributed by atoms with E-state index in [1.165, 1.54) is 5.69 Å². The highest BCUT2D eigenvalue weighted by molar-refractivity contribution is 14.0. The maximum absolute atomic E-state index is 5.85. The molecule has 1 fully saturated rings. The van der Waals surface area contributed by atoms with E-state index in [0.717, 1.165) is 44.2 Å². The van der Waals surface area contributed by atoms with Crippen LogP contribution in [0.3, 0.4) is 0 Å². The first-order valence-electron chi connectivity index (χ1n) is 10.1. The SMILES string of the molecule is CCNC(=NCc1ncc(C(C)(C)C)o1)NC1CCCN(c2cnn(C)c2)C1.I. The van der Waals surface area contributed by atoms with E-state index in [4.69, 9.17) is 4.42 Å². The average Bonchev–Trinajstić information content (AvgIpc) is 3.29. The summed E-state index contributed by atoms with van der Waals surface area (Å²) in [7, 11) is 1.95. The molecule has 29 heavy (non-hydrogen) atoms. The van der Waals surface area contributed by atoms with E-state index in [9.17, 15) is 0 Å². The Morgan fingerprint density at radius 3 is 2.76 bits per heavy atom. The first-order valence-corrected chi connectivity index (χ1v) is 10.1. The van der Waals surface area contributed by atoms with Crippen LogP contribution in [0.25, 0.3) is 0 Å². The van der Waals surface area contributed by atoms with Crippen LogP contribution in [0, 0.1) is 0 Å². The summed E-state index contributed by atoms with van der Waals surface area (Å²) in [5, 5.41) is 11.2. The van der Waals surface area contributed by atoms with Crippen molar-refractivity contribution >= 4 is 35.6 Å². The fraction of sp³-hybridized carbons (Fsp3) is 0.650. The zero-order valence-corrected chi connectivity index (χ0v) is 20.4. The number of nitrogens with zero attached hydrogens (tertiary/aromatic N) is 5. The second-order valence-corrected chi connectivity index (χ2v) is 8.37. The van der Waals surface area contributed by atoms with Gasteiger partial charge in [-0.1, -0.05) is 20.8 Å². The molecule has 1 saturated heterocycles. The minimum Gasteiger partial charge on any atom is -0.443 e. The van der Waals surface area contributed by atoms with Gasteiger partial charge in [0, 0.05) is 44.3 Å². The molecule has 2 aromatic heterocycles. The van der Waals surface area contributed by atoms with Crippen molar-refractivity contribution in [2.45, 2.75) is 58.5 Å². The lowest BCUT2D eigenvalue weighted by molar-refractivity contribution is 0.383. The van der Waals surface area contributed by atoms with E-state index >= 15 is 0 Å². The van der Waals surface area contributed by atoms with Gasteiger partial charge in [-0.05, 0) is 19.8 Å². The zero-order valence-electron chi connectivity index (χ0n) is 18.1. The van der Waals surface area contributed by atoms with Crippen LogP contribution >= 0.6 is 24.0 Å². The molecule has 0 saturated carbocycles. The number of aryl methyl sites for hydroxylation is 1. The fourth-order valence-electron chi connectivity index (χ4n) is 3.29. The number of aromatic nitrogens is 3. The van der Waals surface area contributed by atoms with Crippen LogP contribution in [-0.2, 0) is 19.0 Å². The van der Waals surface area contributed by atoms with Gasteiger partial charge in [-0.15, -0.1) is 24.0 Å². The molecule has 0 aromatic carbocycles. The summed E-state index contributed by atoms with van der Waals surface area (Å²) in [4.78, 5) is 11.4. The van der Waals surface area contributed by atoms with Crippen molar-refractivity contribution in [1.29, 1.82) is 0 Å². The Morgan fingerprint density at radius 2 is 2.14 bits per heavy atom. The third kappa shape index (κ3) is 6.61. The molecule has 0 aliphatic carbocycles. The molecule has 0 radical (unpaired) electrons. The Morgan fingerprint density at radius 1 is 1.34 bits per heavy atom. The molecule has 0 amide bonds. The van der Waals surface area contributed by atoms with E-state index in [1.807, 2.05) is 17.9 Å². The molecule has 2 N–H and O–H groups in total. The van der Waals surface area contributed by atoms with Gasteiger partial charge in [0.25, 0.3) is 0 Å². The maximum atomic E-state index is 5.85. The van der Waals surface area contributed by atoms with Crippen molar-refractivity contribution in [1.82, 2.24) is 25.4 Å². The predicted octanol–water partition coefficient (Wildman–Crippen LogP) is 3.05. The van der Waals surface area contributed by atoms with Gasteiger partial charge in [0.2, 0.25) is 5.89 Å². The van der Waals surface area contributed by atoms with Gasteiger partial charge >= 0.3 is 0 Å². The maximum Gasteiger partial charge on any atom is 0.216 e. The van der Waals surface area contributed by atoms with Gasteiger partial charge in [0.05, 0.1) is 18.1 Å². The van der Waals surface area contributed by atoms with Gasteiger partial charge in [-0.2, -0.15) is 5.10 Å². The Bertz CT molecular complexity index is 793. The lowest BCUT2D eigenvalue weighted by Crippen LogP contribution is -2.51. The van der Waals surface area contributed by atoms with E-state index in [2.05, 4.69) is 64.5 Å². The molecule has 8 nitrogen and oxygen atoms in total. The Balaban J connectivity index is 0.00000300. The molecule has 9 heteroatoms. The van der Waals surface area contributed by atoms with Crippen LogP contribution in [0.15, 0.2) is 28.0 Å². The summed E-state index contributed by atoms with van der Waals surface area (Å²) in [6, 6.07) is 0.335. The smallest absolute Gasteiger partial charge is 0.216 e. The van der Waals surface area contributed by atoms with Gasteiger partial charge in [-0.3, -0.25) is 4.68 Å². The molecule has 1 aliphatic heterocycles. The second-order valence-electron chi connectivity index (χ2n) is 8.37. The Hall–Kier alpha value is -1.78. The molecule has 1 atom stereocenters. The number of hydrogen-bond acceptors (Lipinski definition) is 5. The van der Waals surface area contributed by atoms with E-state index in [0.29, 0.717) is 18.5 Å². The fourth-order valence-corrected chi connectivity index (χ4v) is 3.29. The topological polar surface area (TPSA) is 83.5 Å². The number of nitrogens with one attached hydrogen (secondary N) is 2. The van der Waals surface area contributed by atoms with Crippen LogP contribution in [0.2, 0.25) is 0 Å². The van der Waals surface area contributed by atoms with E-state index < -0.39 is 0 Å². The lowest BCUT2D eigenvalue weighted by atomic mass is 9.94. The monoisotopic (exact) mass is 515 g/mol. The molecule has 1 unspecified atom stereocenters. The molecule has 1 aliphatic rings. The summed E-state index contributed by atoms with van der Waals surface area (Å²) < 4.78 is 7.70. The molecule has 162 valence electrons. The van der Waals surface area contributed by atoms with Crippen LogP contribution in [0.4, 0.5) is 5.69 Å². The highest BCUT2D eigenvalue weighted by Gasteiger charge is 2.22. The Labute approximate surface area is 190 Å². The number of halogens is 1. The van der Waals surface area contributed by atoms with Crippen molar-refractivity contribution in [3.8, 4) is 0 Å². The van der Waals surface area contributed by atoms with Crippen molar-refractivity contribution in [3.63, 3.8) is 0 Å². The first kappa shape index (κ1) is 23.5. The van der Waals surface area contributed by atoms with Crippen LogP contribution in [-0.4, -0.2) is 46.4 Å². The largest absolute Gasteiger partial charge is 0.443 e. The molecular formula is C20H34IN7O. The second kappa shape index (κ2) is 10.3. The number of guanidine groups is 1. The summed E-state index contributed by atoms with van der Waals surface area (Å²) in [6.07, 6.45) is 8.06. The lowest BCUT2D eigenvalue weighted by Gasteiger charge is -2.34. The van der Waals surface area contributed by atoms with Crippen molar-refractivity contribution in [3.05, 3.63) is 30.2 Å². The molecule has 0 bridgehead atoms. The normalized spacial score (nSPS) is 17.8. The molecule has 3 rings (SSSR count). The molecule has 2 aromatic rings. The number of rotatable bonds is 5. The Kier molecular flexibility index (Phi) is 8.35. The zero-order chi connectivity index (χ0) is 20.1. The van der Waals surface area contributed by atoms with Gasteiger partial charge in [0.1, 0.15) is 12.3 Å². The number of hydrogen-bond donors (Lipinski definition) is 2. The minimum absolute atomic E-state index is 0. The third-order valence-corrected chi connectivity index (χ3v) is 4.83. The van der Waals surface area contributed by atoms with Crippen LogP contribution in [0.5, 0.6) is 0 Å². The van der Waals surface area contributed by atoms with E-state index in [-0.39, 0.29) is 29.4 Å². The summed E-state index contributed by atoms with van der Waals surface area (Å²) in [5.41, 5.74) is 1.13. The number of piperidine rings is 1. The van der Waals surface area contributed by atoms with Crippen LogP contribution in [0.1, 0.15) is 52.2 Å².